The molecule has 0 spiro atoms. The van der Waals surface area contributed by atoms with Gasteiger partial charge in [-0.05, 0) is 208 Å². The molecule has 0 atom stereocenters. The van der Waals surface area contributed by atoms with Gasteiger partial charge in [0.25, 0.3) is 22.2 Å². The van der Waals surface area contributed by atoms with Gasteiger partial charge in [-0.1, -0.05) is 121 Å². The third kappa shape index (κ3) is 22.5. The van der Waals surface area contributed by atoms with Gasteiger partial charge in [-0.3, -0.25) is 71.0 Å². The van der Waals surface area contributed by atoms with E-state index < -0.39 is 0 Å². The minimum Gasteiger partial charge on any atom is -0.489 e. The second kappa shape index (κ2) is 40.5. The first-order valence-corrected chi connectivity index (χ1v) is 45.2. The van der Waals surface area contributed by atoms with Crippen LogP contribution in [-0.4, -0.2) is 172 Å². The van der Waals surface area contributed by atoms with Gasteiger partial charge in [0.05, 0.1) is 91.8 Å². The van der Waals surface area contributed by atoms with E-state index >= 15 is 0 Å². The van der Waals surface area contributed by atoms with Gasteiger partial charge in [0.15, 0.2) is 0 Å². The van der Waals surface area contributed by atoms with Crippen LogP contribution in [0.1, 0.15) is 96.9 Å². The highest BCUT2D eigenvalue weighted by Gasteiger charge is 2.41. The van der Waals surface area contributed by atoms with Gasteiger partial charge >= 0.3 is 0 Å². The quantitative estimate of drug-likeness (QED) is 0.0466. The first-order chi connectivity index (χ1) is 63.7. The molecule has 3 aliphatic heterocycles. The summed E-state index contributed by atoms with van der Waals surface area (Å²) in [6.07, 6.45) is 18.2. The summed E-state index contributed by atoms with van der Waals surface area (Å²) >= 11 is 0. The number of morpholine rings is 1. The number of piperidine rings is 1. The van der Waals surface area contributed by atoms with E-state index in [1.54, 1.807) is 49.1 Å². The van der Waals surface area contributed by atoms with Gasteiger partial charge in [-0.25, -0.2) is 0 Å². The van der Waals surface area contributed by atoms with Crippen LogP contribution in [0.3, 0.4) is 0 Å². The monoisotopic (exact) mass is 1770 g/mol. The number of rotatable bonds is 27. The van der Waals surface area contributed by atoms with Crippen molar-refractivity contribution in [3.05, 3.63) is 356 Å². The van der Waals surface area contributed by atoms with Crippen LogP contribution >= 0.6 is 0 Å². The van der Waals surface area contributed by atoms with Crippen molar-refractivity contribution >= 4 is 49.4 Å². The molecule has 0 aliphatic carbocycles. The van der Waals surface area contributed by atoms with Crippen molar-refractivity contribution in [2.75, 3.05) is 67.0 Å². The van der Waals surface area contributed by atoms with Gasteiger partial charge in [0.2, 0.25) is 0 Å². The number of hydrogen-bond acceptors (Lipinski definition) is 18. The van der Waals surface area contributed by atoms with Gasteiger partial charge in [0.1, 0.15) is 55.3 Å². The van der Waals surface area contributed by atoms with Crippen molar-refractivity contribution in [2.45, 2.75) is 149 Å². The van der Waals surface area contributed by atoms with Crippen LogP contribution < -0.4 is 41.2 Å². The average Bonchev–Trinajstić information content (AvgIpc) is 1.37. The molecule has 16 aromatic rings. The number of ether oxygens (including phenoxy) is 5. The number of nitrogens with zero attached hydrogens (tertiary/aromatic N) is 17. The Bertz CT molecular complexity index is 6910. The third-order valence-electron chi connectivity index (χ3n) is 25.1. The number of amidine groups is 1. The lowest BCUT2D eigenvalue weighted by atomic mass is 9.80. The molecule has 26 heteroatoms. The molecule has 0 N–H and O–H groups in total. The van der Waals surface area contributed by atoms with E-state index in [1.165, 1.54) is 37.5 Å². The molecular weight excluding hydrogens is 1660 g/mol. The Balaban J connectivity index is 0.000000129. The molecule has 11 heterocycles. The highest BCUT2D eigenvalue weighted by atomic mass is 16.5. The topological polar surface area (TPSA) is 231 Å². The smallest absolute Gasteiger partial charge is 0.258 e. The number of fused-ring (bicyclic) bond motifs is 4. The van der Waals surface area contributed by atoms with Crippen LogP contribution in [0.25, 0.3) is 66.4 Å². The first kappa shape index (κ1) is 91.3. The van der Waals surface area contributed by atoms with Crippen molar-refractivity contribution in [3.63, 3.8) is 0 Å². The number of aliphatic imine (C=N–C) groups is 1. The number of benzene rings is 8. The summed E-state index contributed by atoms with van der Waals surface area (Å²) < 4.78 is 43.5. The molecule has 0 saturated carbocycles. The second-order valence-corrected chi connectivity index (χ2v) is 36.6. The molecule has 0 unspecified atom stereocenters. The zero-order valence-electron chi connectivity index (χ0n) is 77.2. The van der Waals surface area contributed by atoms with Gasteiger partial charge < -0.3 is 33.5 Å². The maximum absolute atomic E-state index is 12.8. The van der Waals surface area contributed by atoms with Crippen molar-refractivity contribution < 1.29 is 23.7 Å². The van der Waals surface area contributed by atoms with E-state index in [1.807, 2.05) is 251 Å². The van der Waals surface area contributed by atoms with Crippen molar-refractivity contribution in [1.29, 1.82) is 0 Å². The molecule has 2 fully saturated rings. The van der Waals surface area contributed by atoms with E-state index in [9.17, 15) is 19.2 Å². The highest BCUT2D eigenvalue weighted by Crippen LogP contribution is 2.38. The Morgan fingerprint density at radius 3 is 1.08 bits per heavy atom. The summed E-state index contributed by atoms with van der Waals surface area (Å²) in [6, 6.07) is 77.0. The predicted octanol–water partition coefficient (Wildman–Crippen LogP) is 16.9. The summed E-state index contributed by atoms with van der Waals surface area (Å²) in [4.78, 5) is 65.0. The largest absolute Gasteiger partial charge is 0.489 e. The lowest BCUT2D eigenvalue weighted by Crippen LogP contribution is -2.59. The second-order valence-electron chi connectivity index (χ2n) is 36.6. The van der Waals surface area contributed by atoms with Crippen molar-refractivity contribution in [3.8, 4) is 45.7 Å². The normalized spacial score (nSPS) is 14.8. The predicted molar refractivity (Wildman–Crippen MR) is 522 cm³/mol. The molecule has 2 saturated heterocycles. The van der Waals surface area contributed by atoms with Crippen molar-refractivity contribution in [2.24, 2.45) is 4.99 Å². The summed E-state index contributed by atoms with van der Waals surface area (Å²) in [5, 5.41) is 22.4. The summed E-state index contributed by atoms with van der Waals surface area (Å²) in [5.74, 6) is 3.28. The zero-order chi connectivity index (χ0) is 92.1. The van der Waals surface area contributed by atoms with Crippen LogP contribution in [0.4, 0.5) is 0 Å². The third-order valence-corrected chi connectivity index (χ3v) is 25.1. The van der Waals surface area contributed by atoms with E-state index in [0.29, 0.717) is 56.0 Å². The van der Waals surface area contributed by atoms with E-state index in [-0.39, 0.29) is 44.5 Å². The van der Waals surface area contributed by atoms with Gasteiger partial charge in [0, 0.05) is 150 Å². The fourth-order valence-electron chi connectivity index (χ4n) is 17.3. The molecule has 680 valence electrons. The van der Waals surface area contributed by atoms with Crippen LogP contribution in [0.15, 0.2) is 316 Å². The lowest BCUT2D eigenvalue weighted by molar-refractivity contribution is -0.0865. The maximum Gasteiger partial charge on any atom is 0.258 e. The number of likely N-dealkylation sites (tertiary alicyclic amines) is 1. The Morgan fingerprint density at radius 2 is 0.742 bits per heavy atom. The Kier molecular flexibility index (Phi) is 28.0. The van der Waals surface area contributed by atoms with Crippen LogP contribution in [0.5, 0.6) is 23.0 Å². The first-order valence-electron chi connectivity index (χ1n) is 45.2. The zero-order valence-corrected chi connectivity index (χ0v) is 77.2. The number of likely N-dealkylation sites (N-methyl/N-ethyl adjacent to an activating group) is 2. The van der Waals surface area contributed by atoms with Crippen molar-refractivity contribution in [1.82, 2.24) is 77.0 Å². The Hall–Kier alpha value is -14.1. The van der Waals surface area contributed by atoms with Gasteiger partial charge in [-0.2, -0.15) is 20.4 Å². The number of pyridine rings is 4. The fraction of sp³-hybridized carbons (Fsp3) is 0.311. The van der Waals surface area contributed by atoms with E-state index in [2.05, 4.69) is 132 Å². The standard InChI is InChI=1S/C30H36N4O2.C27H30N4O3.C25H28N4O2.C24H23N5O2/c1-29(2)14-8-15-30(3,4)34(29)18-17-33-27-12-11-25(19-24(27)21-31-33)32-16-13-26(20-28(32)35)36-22-23-9-6-5-7-10-23;1-27(2)20-29(14-15-34-27)12-13-31-25-9-8-23(16-22(25)18-28-31)30-11-10-24(17-26(30)32)33-19-21-6-4-3-5-7-21;1-25(2,27(3)4)18-29-23-11-10-21(14-20(23)16-26-29)28-13-12-22(15-24(28)30)31-17-19-8-6-5-7-9-19;1-27-12-10-25-23(27)16-29-22-8-7-20(13-19(22)15-26-29)28-11-9-21(14-24(28)30)31-17-18-5-3-2-4-6-18/h5-7,9-13,16,19-21H,8,14-15,17-18,22H2,1-4H3;3-11,16-18H,12-15,19-20H2,1-2H3;5-16H,17-18H2,1-4H3;2-9,11,13-15H,10,12,16-17H2,1H3. The molecule has 8 aromatic carbocycles. The molecule has 8 aromatic heterocycles. The Morgan fingerprint density at radius 1 is 0.402 bits per heavy atom. The highest BCUT2D eigenvalue weighted by molar-refractivity contribution is 5.87. The van der Waals surface area contributed by atoms with Crippen LogP contribution in [0, 0.1) is 0 Å². The summed E-state index contributed by atoms with van der Waals surface area (Å²) in [6.45, 7) is 29.2. The van der Waals surface area contributed by atoms with Crippen LogP contribution in [0.2, 0.25) is 0 Å². The fourth-order valence-corrected chi connectivity index (χ4v) is 17.3. The maximum atomic E-state index is 12.8. The summed E-state index contributed by atoms with van der Waals surface area (Å²) in [5.41, 5.74) is 11.4. The molecule has 0 amide bonds. The molecule has 0 radical (unpaired) electrons. The molecule has 26 nitrogen and oxygen atoms in total. The number of aromatic nitrogens is 12. The molecule has 3 aliphatic rings. The summed E-state index contributed by atoms with van der Waals surface area (Å²) in [7, 11) is 6.20. The molecule has 19 rings (SSSR count). The lowest BCUT2D eigenvalue weighted by Gasteiger charge is -2.53. The number of hydrogen-bond donors (Lipinski definition) is 0. The minimum absolute atomic E-state index is 0.0237. The minimum atomic E-state index is -0.140. The van der Waals surface area contributed by atoms with Gasteiger partial charge in [-0.15, -0.1) is 0 Å². The average molecular weight is 1770 g/mol. The SMILES string of the molecule is CC1(C)CCCC(C)(C)N1CCn1ncc2cc(-n3ccc(OCc4ccccc4)cc3=O)ccc21.CC1(C)CN(CCn2ncc3cc(-n4ccc(OCc5ccccc5)cc4=O)ccc32)CCO1.CN(C)C(C)(C)Cn1ncc2cc(-n3ccc(OCc4ccccc4)cc3=O)ccc21.CN1CCN=C1Cn1ncc2cc(-n3ccc(OCc4ccccc4)cc3=O)ccc21. The van der Waals surface area contributed by atoms with E-state index in [0.717, 1.165) is 160 Å². The Labute approximate surface area is 768 Å². The van der Waals surface area contributed by atoms with Crippen LogP contribution in [-0.2, 0) is 57.3 Å². The molecule has 132 heavy (non-hydrogen) atoms. The molecule has 0 bridgehead atoms. The van der Waals surface area contributed by atoms with E-state index in [4.69, 9.17) is 23.7 Å². The molecular formula is C106H117N17O9.